The van der Waals surface area contributed by atoms with E-state index in [0.29, 0.717) is 18.9 Å². The molecular weight excluding hydrogens is 290 g/mol. The van der Waals surface area contributed by atoms with Crippen LogP contribution < -0.4 is 0 Å². The molecule has 0 unspecified atom stereocenters. The third-order valence-corrected chi connectivity index (χ3v) is 3.03. The molecule has 110 valence electrons. The normalized spacial score (nSPS) is 16.3. The van der Waals surface area contributed by atoms with Crippen LogP contribution in [0.15, 0.2) is 12.1 Å². The second kappa shape index (κ2) is 4.39. The summed E-state index contributed by atoms with van der Waals surface area (Å²) in [6.45, 7) is 0. The number of benzene rings is 1. The van der Waals surface area contributed by atoms with Crippen LogP contribution in [0.5, 0.6) is 0 Å². The van der Waals surface area contributed by atoms with Crippen molar-refractivity contribution in [1.82, 2.24) is 0 Å². The zero-order valence-electron chi connectivity index (χ0n) is 9.77. The summed E-state index contributed by atoms with van der Waals surface area (Å²) >= 11 is 0. The van der Waals surface area contributed by atoms with Gasteiger partial charge in [-0.2, -0.15) is 26.3 Å². The molecule has 8 heteroatoms. The third-order valence-electron chi connectivity index (χ3n) is 3.03. The lowest BCUT2D eigenvalue weighted by atomic mass is 9.94. The Morgan fingerprint density at radius 2 is 1.60 bits per heavy atom. The molecule has 1 N–H and O–H groups in total. The highest BCUT2D eigenvalue weighted by Gasteiger charge is 2.43. The van der Waals surface area contributed by atoms with Crippen molar-refractivity contribution in [2.75, 3.05) is 0 Å². The van der Waals surface area contributed by atoms with Crippen molar-refractivity contribution in [3.8, 4) is 0 Å². The van der Waals surface area contributed by atoms with E-state index in [1.165, 1.54) is 0 Å². The minimum absolute atomic E-state index is 0.144. The molecule has 0 amide bonds. The molecule has 20 heavy (non-hydrogen) atoms. The van der Waals surface area contributed by atoms with Gasteiger partial charge < -0.3 is 5.11 Å². The van der Waals surface area contributed by atoms with Gasteiger partial charge in [0.1, 0.15) is 0 Å². The monoisotopic (exact) mass is 298 g/mol. The fourth-order valence-corrected chi connectivity index (χ4v) is 2.01. The van der Waals surface area contributed by atoms with Crippen LogP contribution in [0.4, 0.5) is 26.3 Å². The van der Waals surface area contributed by atoms with E-state index in [1.54, 1.807) is 0 Å². The van der Waals surface area contributed by atoms with Gasteiger partial charge in [0.15, 0.2) is 0 Å². The SMILES string of the molecule is O=C(O)c1c(C2CC2)cc(C(F)(F)F)cc1C(F)(F)F. The Kier molecular flexibility index (Phi) is 3.22. The zero-order valence-corrected chi connectivity index (χ0v) is 9.77. The van der Waals surface area contributed by atoms with Crippen molar-refractivity contribution >= 4 is 5.97 Å². The van der Waals surface area contributed by atoms with E-state index in [9.17, 15) is 31.1 Å². The number of hydrogen-bond donors (Lipinski definition) is 1. The van der Waals surface area contributed by atoms with Gasteiger partial charge in [-0.1, -0.05) is 0 Å². The first kappa shape index (κ1) is 14.7. The number of rotatable bonds is 2. The van der Waals surface area contributed by atoms with E-state index in [2.05, 4.69) is 0 Å². The van der Waals surface area contributed by atoms with Crippen LogP contribution in [-0.2, 0) is 12.4 Å². The molecule has 0 saturated heterocycles. The van der Waals surface area contributed by atoms with E-state index >= 15 is 0 Å². The van der Waals surface area contributed by atoms with Gasteiger partial charge in [-0.15, -0.1) is 0 Å². The summed E-state index contributed by atoms with van der Waals surface area (Å²) in [5.74, 6) is -2.42. The molecule has 1 aromatic carbocycles. The van der Waals surface area contributed by atoms with Crippen LogP contribution >= 0.6 is 0 Å². The number of alkyl halides is 6. The van der Waals surface area contributed by atoms with Gasteiger partial charge in [-0.3, -0.25) is 0 Å². The maximum Gasteiger partial charge on any atom is 0.417 e. The van der Waals surface area contributed by atoms with Crippen LogP contribution in [0.1, 0.15) is 45.8 Å². The summed E-state index contributed by atoms with van der Waals surface area (Å²) in [5.41, 5.74) is -4.69. The number of carboxylic acid groups (broad SMARTS) is 1. The predicted octanol–water partition coefficient (Wildman–Crippen LogP) is 4.30. The maximum absolute atomic E-state index is 12.8. The molecule has 0 spiro atoms. The summed E-state index contributed by atoms with van der Waals surface area (Å²) in [5, 5.41) is 8.90. The molecule has 2 nitrogen and oxygen atoms in total. The van der Waals surface area contributed by atoms with E-state index in [4.69, 9.17) is 5.11 Å². The molecule has 1 aromatic rings. The molecule has 0 aliphatic heterocycles. The van der Waals surface area contributed by atoms with Crippen LogP contribution in [0.25, 0.3) is 0 Å². The predicted molar refractivity (Wildman–Crippen MR) is 55.4 cm³/mol. The summed E-state index contributed by atoms with van der Waals surface area (Å²) in [4.78, 5) is 11.0. The van der Waals surface area contributed by atoms with Crippen LogP contribution in [0, 0.1) is 0 Å². The third kappa shape index (κ3) is 2.73. The Morgan fingerprint density at radius 3 is 1.95 bits per heavy atom. The first-order chi connectivity index (χ1) is 9.01. The van der Waals surface area contributed by atoms with Crippen LogP contribution in [0.3, 0.4) is 0 Å². The summed E-state index contributed by atoms with van der Waals surface area (Å²) in [6, 6.07) is 0.367. The lowest BCUT2D eigenvalue weighted by Gasteiger charge is -2.17. The zero-order chi connectivity index (χ0) is 15.3. The fourth-order valence-electron chi connectivity index (χ4n) is 2.01. The van der Waals surface area contributed by atoms with Gasteiger partial charge in [0.25, 0.3) is 0 Å². The summed E-state index contributed by atoms with van der Waals surface area (Å²) in [6.07, 6.45) is -9.34. The Hall–Kier alpha value is -1.73. The molecule has 1 aliphatic carbocycles. The van der Waals surface area contributed by atoms with E-state index in [1.807, 2.05) is 0 Å². The van der Waals surface area contributed by atoms with Gasteiger partial charge in [0.05, 0.1) is 16.7 Å². The van der Waals surface area contributed by atoms with Crippen LogP contribution in [0.2, 0.25) is 0 Å². The first-order valence-corrected chi connectivity index (χ1v) is 5.57. The quantitative estimate of drug-likeness (QED) is 0.827. The lowest BCUT2D eigenvalue weighted by Crippen LogP contribution is -2.18. The number of carbonyl (C=O) groups is 1. The Bertz CT molecular complexity index is 554. The largest absolute Gasteiger partial charge is 0.478 e. The average molecular weight is 298 g/mol. The molecule has 1 fully saturated rings. The maximum atomic E-state index is 12.8. The molecule has 0 atom stereocenters. The lowest BCUT2D eigenvalue weighted by molar-refractivity contribution is -0.143. The summed E-state index contributed by atoms with van der Waals surface area (Å²) in [7, 11) is 0. The second-order valence-electron chi connectivity index (χ2n) is 4.56. The van der Waals surface area contributed by atoms with E-state index in [-0.39, 0.29) is 11.6 Å². The van der Waals surface area contributed by atoms with Crippen molar-refractivity contribution in [2.24, 2.45) is 0 Å². The van der Waals surface area contributed by atoms with Gasteiger partial charge in [0.2, 0.25) is 0 Å². The minimum atomic E-state index is -5.15. The van der Waals surface area contributed by atoms with Crippen molar-refractivity contribution in [2.45, 2.75) is 31.1 Å². The van der Waals surface area contributed by atoms with Crippen molar-refractivity contribution in [1.29, 1.82) is 0 Å². The van der Waals surface area contributed by atoms with E-state index < -0.39 is 40.9 Å². The molecule has 1 aliphatic rings. The van der Waals surface area contributed by atoms with Crippen molar-refractivity contribution < 1.29 is 36.2 Å². The minimum Gasteiger partial charge on any atom is -0.478 e. The molecule has 1 saturated carbocycles. The molecule has 2 rings (SSSR count). The number of hydrogen-bond acceptors (Lipinski definition) is 1. The Balaban J connectivity index is 2.75. The molecular formula is C12H8F6O2. The van der Waals surface area contributed by atoms with Crippen molar-refractivity contribution in [3.05, 3.63) is 34.4 Å². The standard InChI is InChI=1S/C12H8F6O2/c13-11(14,15)6-3-7(5-1-2-5)9(10(19)20)8(4-6)12(16,17)18/h3-5H,1-2H2,(H,19,20). The molecule has 0 radical (unpaired) electrons. The Labute approximate surface area is 109 Å². The summed E-state index contributed by atoms with van der Waals surface area (Å²) < 4.78 is 76.3. The highest BCUT2D eigenvalue weighted by molar-refractivity contribution is 5.92. The van der Waals surface area contributed by atoms with E-state index in [0.717, 1.165) is 0 Å². The highest BCUT2D eigenvalue weighted by atomic mass is 19.4. The fraction of sp³-hybridized carbons (Fsp3) is 0.417. The molecule has 0 heterocycles. The Morgan fingerprint density at radius 1 is 1.05 bits per heavy atom. The second-order valence-corrected chi connectivity index (χ2v) is 4.56. The van der Waals surface area contributed by atoms with Gasteiger partial charge in [-0.25, -0.2) is 4.79 Å². The topological polar surface area (TPSA) is 37.3 Å². The molecule has 0 bridgehead atoms. The highest BCUT2D eigenvalue weighted by Crippen LogP contribution is 2.47. The van der Waals surface area contributed by atoms with Crippen LogP contribution in [-0.4, -0.2) is 11.1 Å². The van der Waals surface area contributed by atoms with Gasteiger partial charge >= 0.3 is 18.3 Å². The molecule has 0 aromatic heterocycles. The van der Waals surface area contributed by atoms with Crippen molar-refractivity contribution in [3.63, 3.8) is 0 Å². The number of aromatic carboxylic acids is 1. The average Bonchev–Trinajstić information content (AvgIpc) is 3.08. The number of halogens is 6. The van der Waals surface area contributed by atoms with Gasteiger partial charge in [-0.05, 0) is 36.5 Å². The smallest absolute Gasteiger partial charge is 0.417 e. The van der Waals surface area contributed by atoms with Gasteiger partial charge in [0, 0.05) is 0 Å². The first-order valence-electron chi connectivity index (χ1n) is 5.57. The number of carboxylic acids is 1.